The highest BCUT2D eigenvalue weighted by atomic mass is 16.5. The zero-order valence-electron chi connectivity index (χ0n) is 19.9. The molecule has 0 saturated heterocycles. The lowest BCUT2D eigenvalue weighted by atomic mass is 9.43. The van der Waals surface area contributed by atoms with E-state index in [9.17, 15) is 9.59 Å². The predicted octanol–water partition coefficient (Wildman–Crippen LogP) is 3.37. The maximum Gasteiger partial charge on any atom is 0.338 e. The molecular formula is C25H27N7O3. The summed E-state index contributed by atoms with van der Waals surface area (Å²) in [5.41, 5.74) is 3.97. The van der Waals surface area contributed by atoms with Crippen LogP contribution in [0.25, 0.3) is 11.3 Å². The van der Waals surface area contributed by atoms with E-state index in [0.29, 0.717) is 40.7 Å². The van der Waals surface area contributed by atoms with Gasteiger partial charge < -0.3 is 15.4 Å². The van der Waals surface area contributed by atoms with Gasteiger partial charge in [0.15, 0.2) is 5.65 Å². The minimum absolute atomic E-state index is 0.0443. The first kappa shape index (κ1) is 21.5. The molecule has 3 saturated carbocycles. The van der Waals surface area contributed by atoms with Crippen LogP contribution in [0.4, 0.5) is 17.1 Å². The normalized spacial score (nSPS) is 20.3. The van der Waals surface area contributed by atoms with Crippen molar-refractivity contribution < 1.29 is 9.53 Å². The number of anilines is 3. The number of carbonyl (C=O) groups excluding carboxylic acids is 1. The van der Waals surface area contributed by atoms with Crippen LogP contribution < -0.4 is 21.1 Å². The second-order valence-electron chi connectivity index (χ2n) is 9.56. The van der Waals surface area contributed by atoms with E-state index in [1.54, 1.807) is 39.9 Å². The minimum atomic E-state index is -0.195. The summed E-state index contributed by atoms with van der Waals surface area (Å²) in [6, 6.07) is 7.28. The number of fused-ring (bicyclic) bond motifs is 1. The highest BCUT2D eigenvalue weighted by Gasteiger charge is 2.59. The molecule has 0 radical (unpaired) electrons. The van der Waals surface area contributed by atoms with Crippen molar-refractivity contribution in [1.29, 1.82) is 0 Å². The number of carbonyl (C=O) groups is 1. The summed E-state index contributed by atoms with van der Waals surface area (Å²) in [4.78, 5) is 30.5. The molecule has 10 nitrogen and oxygen atoms in total. The van der Waals surface area contributed by atoms with Crippen LogP contribution in [0.2, 0.25) is 0 Å². The van der Waals surface area contributed by atoms with Crippen LogP contribution >= 0.6 is 0 Å². The van der Waals surface area contributed by atoms with Gasteiger partial charge >= 0.3 is 5.69 Å². The molecule has 180 valence electrons. The van der Waals surface area contributed by atoms with Gasteiger partial charge in [0.2, 0.25) is 5.91 Å². The van der Waals surface area contributed by atoms with Gasteiger partial charge in [-0.15, -0.1) is 5.10 Å². The number of rotatable bonds is 7. The number of aromatic nitrogens is 5. The van der Waals surface area contributed by atoms with Crippen LogP contribution in [-0.2, 0) is 17.3 Å². The third-order valence-corrected chi connectivity index (χ3v) is 7.23. The molecule has 0 spiro atoms. The fourth-order valence-electron chi connectivity index (χ4n) is 5.36. The standard InChI is InChI=1S/C25H27N7O3/c1-4-21(33)27-16-6-5-7-17(8-16)31-14-18(28-19-13-30(2)29-23(19)35-3)22-26-12-20(32(22)24(31)34)25-9-15(10-25)11-25/h5-8,12-15,28H,4,9-11H2,1-3H3,(H,27,33). The molecule has 3 aromatic heterocycles. The third kappa shape index (κ3) is 3.31. The van der Waals surface area contributed by atoms with Crippen LogP contribution in [0.1, 0.15) is 38.3 Å². The number of amides is 1. The summed E-state index contributed by atoms with van der Waals surface area (Å²) in [7, 11) is 3.38. The van der Waals surface area contributed by atoms with E-state index < -0.39 is 0 Å². The minimum Gasteiger partial charge on any atom is -0.478 e. The highest BCUT2D eigenvalue weighted by molar-refractivity contribution is 5.90. The Morgan fingerprint density at radius 2 is 2.03 bits per heavy atom. The molecule has 3 heterocycles. The first-order valence-electron chi connectivity index (χ1n) is 11.8. The summed E-state index contributed by atoms with van der Waals surface area (Å²) >= 11 is 0. The summed E-state index contributed by atoms with van der Waals surface area (Å²) in [6.07, 6.45) is 9.09. The smallest absolute Gasteiger partial charge is 0.338 e. The maximum absolute atomic E-state index is 13.9. The van der Waals surface area contributed by atoms with Crippen molar-refractivity contribution in [3.8, 4) is 11.6 Å². The molecule has 2 N–H and O–H groups in total. The number of nitrogens with one attached hydrogen (secondary N) is 2. The fourth-order valence-corrected chi connectivity index (χ4v) is 5.36. The van der Waals surface area contributed by atoms with E-state index in [4.69, 9.17) is 4.74 Å². The Bertz CT molecular complexity index is 1510. The summed E-state index contributed by atoms with van der Waals surface area (Å²) in [5, 5.41) is 10.6. The molecule has 7 rings (SSSR count). The molecule has 0 unspecified atom stereocenters. The number of hydrogen-bond donors (Lipinski definition) is 2. The van der Waals surface area contributed by atoms with Crippen LogP contribution in [0.15, 0.2) is 47.7 Å². The second-order valence-corrected chi connectivity index (χ2v) is 9.56. The molecule has 4 aromatic rings. The maximum atomic E-state index is 13.9. The first-order valence-corrected chi connectivity index (χ1v) is 11.8. The first-order chi connectivity index (χ1) is 16.9. The van der Waals surface area contributed by atoms with Crippen molar-refractivity contribution in [3.05, 3.63) is 59.0 Å². The molecule has 1 amide bonds. The van der Waals surface area contributed by atoms with Crippen molar-refractivity contribution in [1.82, 2.24) is 23.7 Å². The number of imidazole rings is 1. The van der Waals surface area contributed by atoms with E-state index in [2.05, 4.69) is 20.7 Å². The average molecular weight is 474 g/mol. The van der Waals surface area contributed by atoms with E-state index in [-0.39, 0.29) is 17.0 Å². The van der Waals surface area contributed by atoms with Crippen LogP contribution in [-0.4, -0.2) is 36.7 Å². The van der Waals surface area contributed by atoms with Gasteiger partial charge in [-0.2, -0.15) is 0 Å². The molecule has 3 fully saturated rings. The lowest BCUT2D eigenvalue weighted by molar-refractivity contribution is -0.115. The van der Waals surface area contributed by atoms with Crippen molar-refractivity contribution in [2.45, 2.75) is 38.0 Å². The summed E-state index contributed by atoms with van der Waals surface area (Å²) in [5.74, 6) is 1.12. The molecule has 3 aliphatic carbocycles. The Morgan fingerprint density at radius 1 is 1.23 bits per heavy atom. The molecule has 2 bridgehead atoms. The van der Waals surface area contributed by atoms with Crippen LogP contribution in [0.5, 0.6) is 5.88 Å². The largest absolute Gasteiger partial charge is 0.478 e. The van der Waals surface area contributed by atoms with Gasteiger partial charge in [-0.3, -0.25) is 14.0 Å². The van der Waals surface area contributed by atoms with E-state index in [1.807, 2.05) is 37.6 Å². The summed E-state index contributed by atoms with van der Waals surface area (Å²) < 4.78 is 10.4. The molecule has 3 aliphatic rings. The fraction of sp³-hybridized carbons (Fsp3) is 0.360. The van der Waals surface area contributed by atoms with Gasteiger partial charge in [-0.05, 0) is 43.4 Å². The number of benzene rings is 1. The van der Waals surface area contributed by atoms with Gasteiger partial charge in [0.1, 0.15) is 5.69 Å². The quantitative estimate of drug-likeness (QED) is 0.426. The van der Waals surface area contributed by atoms with Crippen molar-refractivity contribution in [3.63, 3.8) is 0 Å². The van der Waals surface area contributed by atoms with Gasteiger partial charge in [-0.1, -0.05) is 13.0 Å². The lowest BCUT2D eigenvalue weighted by Gasteiger charge is -2.61. The van der Waals surface area contributed by atoms with E-state index in [0.717, 1.165) is 30.9 Å². The van der Waals surface area contributed by atoms with Crippen molar-refractivity contribution in [2.75, 3.05) is 17.7 Å². The third-order valence-electron chi connectivity index (χ3n) is 7.23. The number of nitrogens with zero attached hydrogens (tertiary/aromatic N) is 5. The zero-order chi connectivity index (χ0) is 24.3. The van der Waals surface area contributed by atoms with Gasteiger partial charge in [0.05, 0.1) is 36.6 Å². The number of methoxy groups -OCH3 is 1. The van der Waals surface area contributed by atoms with Crippen molar-refractivity contribution >= 4 is 28.6 Å². The second kappa shape index (κ2) is 7.72. The average Bonchev–Trinajstić information content (AvgIpc) is 3.37. The number of hydrogen-bond acceptors (Lipinski definition) is 6. The molecule has 35 heavy (non-hydrogen) atoms. The molecule has 1 aromatic carbocycles. The van der Waals surface area contributed by atoms with Gasteiger partial charge in [-0.25, -0.2) is 14.2 Å². The van der Waals surface area contributed by atoms with Crippen molar-refractivity contribution in [2.24, 2.45) is 13.0 Å². The van der Waals surface area contributed by atoms with E-state index >= 15 is 0 Å². The Hall–Kier alpha value is -4.08. The Morgan fingerprint density at radius 3 is 2.71 bits per heavy atom. The molecular weight excluding hydrogens is 446 g/mol. The lowest BCUT2D eigenvalue weighted by Crippen LogP contribution is -2.56. The Labute approximate surface area is 201 Å². The Balaban J connectivity index is 1.52. The van der Waals surface area contributed by atoms with E-state index in [1.165, 1.54) is 0 Å². The SMILES string of the molecule is CCC(=O)Nc1cccc(-n2cc(Nc3cn(C)nc3OC)c3ncc(C45CC(C4)C5)n3c2=O)c1. The summed E-state index contributed by atoms with van der Waals surface area (Å²) in [6.45, 7) is 1.80. The van der Waals surface area contributed by atoms with Gasteiger partial charge in [0.25, 0.3) is 5.88 Å². The van der Waals surface area contributed by atoms with Crippen LogP contribution in [0, 0.1) is 5.92 Å². The predicted molar refractivity (Wildman–Crippen MR) is 132 cm³/mol. The monoisotopic (exact) mass is 473 g/mol. The highest BCUT2D eigenvalue weighted by Crippen LogP contribution is 2.65. The zero-order valence-corrected chi connectivity index (χ0v) is 19.9. The molecule has 0 aliphatic heterocycles. The van der Waals surface area contributed by atoms with Crippen LogP contribution in [0.3, 0.4) is 0 Å². The van der Waals surface area contributed by atoms with Gasteiger partial charge in [0, 0.05) is 30.8 Å². The number of ether oxygens (including phenoxy) is 1. The topological polar surface area (TPSA) is 107 Å². The Kier molecular flexibility index (Phi) is 4.73. The molecule has 0 atom stereocenters. The molecule has 10 heteroatoms. The number of aryl methyl sites for hydroxylation is 1.